The van der Waals surface area contributed by atoms with Crippen molar-refractivity contribution in [3.05, 3.63) is 41.2 Å². The quantitative estimate of drug-likeness (QED) is 0.766. The van der Waals surface area contributed by atoms with Crippen LogP contribution in [-0.4, -0.2) is 27.9 Å². The fourth-order valence-corrected chi connectivity index (χ4v) is 3.26. The average Bonchev–Trinajstić information content (AvgIpc) is 3.00. The molecule has 0 bridgehead atoms. The van der Waals surface area contributed by atoms with Crippen molar-refractivity contribution in [2.75, 3.05) is 6.61 Å². The highest BCUT2D eigenvalue weighted by Gasteiger charge is 2.24. The van der Waals surface area contributed by atoms with Gasteiger partial charge in [0.1, 0.15) is 18.1 Å². The maximum Gasteiger partial charge on any atom is 0.172 e. The summed E-state index contributed by atoms with van der Waals surface area (Å²) in [6.45, 7) is 3.18. The number of ether oxygens (including phenoxy) is 1. The molecule has 0 radical (unpaired) electrons. The molecule has 2 aromatic rings. The van der Waals surface area contributed by atoms with Gasteiger partial charge < -0.3 is 4.74 Å². The molecule has 0 unspecified atom stereocenters. The van der Waals surface area contributed by atoms with Crippen molar-refractivity contribution in [2.45, 2.75) is 51.5 Å². The van der Waals surface area contributed by atoms with Crippen molar-refractivity contribution in [1.82, 2.24) is 15.0 Å². The number of aldehydes is 1. The molecule has 3 rings (SSSR count). The minimum absolute atomic E-state index is 0.401. The number of hydrogen-bond acceptors (Lipinski definition) is 4. The zero-order chi connectivity index (χ0) is 16.1. The van der Waals surface area contributed by atoms with E-state index in [1.165, 1.54) is 24.8 Å². The lowest BCUT2D eigenvalue weighted by Gasteiger charge is -2.22. The van der Waals surface area contributed by atoms with Crippen molar-refractivity contribution in [1.29, 1.82) is 0 Å². The fourth-order valence-electron chi connectivity index (χ4n) is 3.26. The Labute approximate surface area is 136 Å². The number of carbonyl (C=O) groups is 1. The van der Waals surface area contributed by atoms with Gasteiger partial charge in [0.2, 0.25) is 0 Å². The van der Waals surface area contributed by atoms with Crippen LogP contribution in [0.3, 0.4) is 0 Å². The molecule has 0 spiro atoms. The summed E-state index contributed by atoms with van der Waals surface area (Å²) in [6.07, 6.45) is 6.78. The average molecular weight is 313 g/mol. The molecule has 1 aliphatic rings. The molecule has 5 nitrogen and oxygen atoms in total. The highest BCUT2D eigenvalue weighted by Crippen LogP contribution is 2.33. The third-order valence-corrected chi connectivity index (χ3v) is 4.50. The first-order chi connectivity index (χ1) is 11.3. The maximum absolute atomic E-state index is 11.3. The number of benzene rings is 1. The van der Waals surface area contributed by atoms with Gasteiger partial charge in [0.05, 0.1) is 12.2 Å². The van der Waals surface area contributed by atoms with Gasteiger partial charge in [0.15, 0.2) is 6.29 Å². The standard InChI is InChI=1S/C18H23N3O2/c1-14-7-9-16(10-8-14)23-12-11-21-18(17(13-22)19-20-21)15-5-3-2-4-6-15/h7-10,13,15H,2-6,11-12H2,1H3. The van der Waals surface area contributed by atoms with Crippen molar-refractivity contribution in [2.24, 2.45) is 0 Å². The monoisotopic (exact) mass is 313 g/mol. The van der Waals surface area contributed by atoms with E-state index in [0.717, 1.165) is 30.6 Å². The summed E-state index contributed by atoms with van der Waals surface area (Å²) >= 11 is 0. The Morgan fingerprint density at radius 2 is 1.96 bits per heavy atom. The number of aromatic nitrogens is 3. The summed E-state index contributed by atoms with van der Waals surface area (Å²) in [5.74, 6) is 1.25. The van der Waals surface area contributed by atoms with E-state index in [0.29, 0.717) is 24.8 Å². The number of rotatable bonds is 6. The van der Waals surface area contributed by atoms with E-state index in [4.69, 9.17) is 4.74 Å². The lowest BCUT2D eigenvalue weighted by atomic mass is 9.86. The molecule has 23 heavy (non-hydrogen) atoms. The first-order valence-electron chi connectivity index (χ1n) is 8.36. The van der Waals surface area contributed by atoms with Crippen LogP contribution in [0.25, 0.3) is 0 Å². The summed E-state index contributed by atoms with van der Waals surface area (Å²) in [4.78, 5) is 11.3. The zero-order valence-corrected chi connectivity index (χ0v) is 13.6. The van der Waals surface area contributed by atoms with Gasteiger partial charge in [0, 0.05) is 5.92 Å². The summed E-state index contributed by atoms with van der Waals surface area (Å²) in [5.41, 5.74) is 2.70. The molecule has 122 valence electrons. The molecule has 1 aromatic heterocycles. The van der Waals surface area contributed by atoms with Gasteiger partial charge in [-0.3, -0.25) is 4.79 Å². The Morgan fingerprint density at radius 3 is 2.65 bits per heavy atom. The summed E-state index contributed by atoms with van der Waals surface area (Å²) in [5, 5.41) is 8.20. The first-order valence-corrected chi connectivity index (χ1v) is 8.36. The fraction of sp³-hybridized carbons (Fsp3) is 0.500. The molecule has 0 atom stereocenters. The van der Waals surface area contributed by atoms with Crippen LogP contribution >= 0.6 is 0 Å². The molecular formula is C18H23N3O2. The zero-order valence-electron chi connectivity index (χ0n) is 13.6. The highest BCUT2D eigenvalue weighted by molar-refractivity contribution is 5.73. The summed E-state index contributed by atoms with van der Waals surface area (Å²) < 4.78 is 7.63. The van der Waals surface area contributed by atoms with Gasteiger partial charge in [-0.05, 0) is 31.9 Å². The molecule has 1 saturated carbocycles. The van der Waals surface area contributed by atoms with Gasteiger partial charge in [-0.15, -0.1) is 5.10 Å². The topological polar surface area (TPSA) is 57.0 Å². The van der Waals surface area contributed by atoms with E-state index >= 15 is 0 Å². The van der Waals surface area contributed by atoms with Crippen LogP contribution in [0, 0.1) is 6.92 Å². The van der Waals surface area contributed by atoms with E-state index < -0.39 is 0 Å². The molecule has 0 amide bonds. The highest BCUT2D eigenvalue weighted by atomic mass is 16.5. The summed E-state index contributed by atoms with van der Waals surface area (Å²) in [7, 11) is 0. The number of hydrogen-bond donors (Lipinski definition) is 0. The third-order valence-electron chi connectivity index (χ3n) is 4.50. The van der Waals surface area contributed by atoms with Crippen molar-refractivity contribution >= 4 is 6.29 Å². The minimum atomic E-state index is 0.401. The van der Waals surface area contributed by atoms with Crippen LogP contribution in [0.5, 0.6) is 5.75 Å². The first kappa shape index (κ1) is 15.7. The smallest absolute Gasteiger partial charge is 0.172 e. The van der Waals surface area contributed by atoms with Gasteiger partial charge in [-0.25, -0.2) is 4.68 Å². The molecular weight excluding hydrogens is 290 g/mol. The summed E-state index contributed by atoms with van der Waals surface area (Å²) in [6, 6.07) is 8.00. The van der Waals surface area contributed by atoms with Crippen molar-refractivity contribution in [3.8, 4) is 5.75 Å². The van der Waals surface area contributed by atoms with Crippen LogP contribution in [-0.2, 0) is 6.54 Å². The van der Waals surface area contributed by atoms with E-state index in [-0.39, 0.29) is 0 Å². The predicted octanol–water partition coefficient (Wildman–Crippen LogP) is 3.53. The van der Waals surface area contributed by atoms with Crippen LogP contribution in [0.15, 0.2) is 24.3 Å². The third kappa shape index (κ3) is 3.78. The van der Waals surface area contributed by atoms with E-state index in [9.17, 15) is 4.79 Å². The molecule has 0 N–H and O–H groups in total. The molecule has 1 fully saturated rings. The van der Waals surface area contributed by atoms with Crippen LogP contribution in [0.4, 0.5) is 0 Å². The molecule has 1 aliphatic carbocycles. The normalized spacial score (nSPS) is 15.5. The van der Waals surface area contributed by atoms with Gasteiger partial charge in [-0.1, -0.05) is 42.2 Å². The predicted molar refractivity (Wildman–Crippen MR) is 87.9 cm³/mol. The molecule has 1 heterocycles. The van der Waals surface area contributed by atoms with Crippen LogP contribution in [0.2, 0.25) is 0 Å². The van der Waals surface area contributed by atoms with Gasteiger partial charge in [-0.2, -0.15) is 0 Å². The van der Waals surface area contributed by atoms with Gasteiger partial charge >= 0.3 is 0 Å². The second-order valence-electron chi connectivity index (χ2n) is 6.20. The Bertz CT molecular complexity index is 643. The Balaban J connectivity index is 1.66. The second kappa shape index (κ2) is 7.40. The Morgan fingerprint density at radius 1 is 1.22 bits per heavy atom. The maximum atomic E-state index is 11.3. The molecule has 0 saturated heterocycles. The number of carbonyl (C=O) groups excluding carboxylic acids is 1. The van der Waals surface area contributed by atoms with Crippen LogP contribution in [0.1, 0.15) is 59.8 Å². The molecule has 0 aliphatic heterocycles. The Hall–Kier alpha value is -2.17. The molecule has 5 heteroatoms. The Kier molecular flexibility index (Phi) is 5.05. The minimum Gasteiger partial charge on any atom is -0.492 e. The van der Waals surface area contributed by atoms with E-state index in [1.807, 2.05) is 28.9 Å². The van der Waals surface area contributed by atoms with Gasteiger partial charge in [0.25, 0.3) is 0 Å². The second-order valence-corrected chi connectivity index (χ2v) is 6.20. The number of aryl methyl sites for hydroxylation is 1. The molecule has 1 aromatic carbocycles. The SMILES string of the molecule is Cc1ccc(OCCn2nnc(C=O)c2C2CCCCC2)cc1. The lowest BCUT2D eigenvalue weighted by Crippen LogP contribution is -2.17. The van der Waals surface area contributed by atoms with E-state index in [2.05, 4.69) is 17.2 Å². The van der Waals surface area contributed by atoms with E-state index in [1.54, 1.807) is 0 Å². The van der Waals surface area contributed by atoms with Crippen LogP contribution < -0.4 is 4.74 Å². The largest absolute Gasteiger partial charge is 0.492 e. The van der Waals surface area contributed by atoms with Crippen molar-refractivity contribution in [3.63, 3.8) is 0 Å². The van der Waals surface area contributed by atoms with Crippen molar-refractivity contribution < 1.29 is 9.53 Å². The number of nitrogens with zero attached hydrogens (tertiary/aromatic N) is 3. The lowest BCUT2D eigenvalue weighted by molar-refractivity contribution is 0.111.